The van der Waals surface area contributed by atoms with Gasteiger partial charge in [0.1, 0.15) is 11.4 Å². The SMILES string of the molecule is CO[C@]1(CN2CCN3CCCC[C@@H]3C2)/C=C/C[C@H](C)[C@@H](CC(C)C)S(=O)(=O)NC(=O)c2ccc3c(c2)N(C[C@@H]2CC[C@H]21)C[C@@]1(CCCc2cc(Cl)ccc21)CO3. The quantitative estimate of drug-likeness (QED) is 0.312. The van der Waals surface area contributed by atoms with E-state index in [4.69, 9.17) is 21.1 Å². The molecule has 7 atom stereocenters. The minimum Gasteiger partial charge on any atom is -0.490 e. The van der Waals surface area contributed by atoms with Gasteiger partial charge in [-0.2, -0.15) is 0 Å². The number of aryl methyl sites for hydroxylation is 1. The van der Waals surface area contributed by atoms with Crippen molar-refractivity contribution in [3.63, 3.8) is 0 Å². The fourth-order valence-corrected chi connectivity index (χ4v) is 13.4. The van der Waals surface area contributed by atoms with Crippen molar-refractivity contribution in [1.29, 1.82) is 0 Å². The Bertz CT molecular complexity index is 1910. The van der Waals surface area contributed by atoms with Crippen LogP contribution in [0.2, 0.25) is 5.02 Å². The van der Waals surface area contributed by atoms with Gasteiger partial charge in [-0.15, -0.1) is 0 Å². The number of piperidine rings is 1. The number of carbonyl (C=O) groups is 1. The van der Waals surface area contributed by atoms with Crippen molar-refractivity contribution in [2.45, 2.75) is 107 Å². The van der Waals surface area contributed by atoms with E-state index in [2.05, 4.69) is 43.7 Å². The van der Waals surface area contributed by atoms with Crippen molar-refractivity contribution in [3.05, 3.63) is 70.3 Å². The van der Waals surface area contributed by atoms with E-state index in [0.717, 1.165) is 87.8 Å². The first kappa shape index (κ1) is 40.2. The lowest BCUT2D eigenvalue weighted by Crippen LogP contribution is -2.61. The third kappa shape index (κ3) is 7.91. The second kappa shape index (κ2) is 16.2. The van der Waals surface area contributed by atoms with Crippen LogP contribution in [0.1, 0.15) is 100 Å². The second-order valence-electron chi connectivity index (χ2n) is 18.6. The largest absolute Gasteiger partial charge is 0.490 e. The van der Waals surface area contributed by atoms with Crippen LogP contribution in [0.4, 0.5) is 5.69 Å². The number of sulfonamides is 1. The summed E-state index contributed by atoms with van der Waals surface area (Å²) >= 11 is 6.54. The van der Waals surface area contributed by atoms with Crippen LogP contribution in [0, 0.1) is 23.7 Å². The van der Waals surface area contributed by atoms with E-state index in [1.165, 1.54) is 36.9 Å². The Morgan fingerprint density at radius 1 is 1.04 bits per heavy atom. The van der Waals surface area contributed by atoms with Crippen molar-refractivity contribution in [2.75, 3.05) is 64.4 Å². The molecule has 1 spiro atoms. The summed E-state index contributed by atoms with van der Waals surface area (Å²) in [4.78, 5) is 21.8. The molecule has 0 unspecified atom stereocenters. The van der Waals surface area contributed by atoms with Gasteiger partial charge in [0.2, 0.25) is 10.0 Å². The minimum atomic E-state index is -4.00. The lowest BCUT2D eigenvalue weighted by Gasteiger charge is -2.53. The summed E-state index contributed by atoms with van der Waals surface area (Å²) in [6.07, 6.45) is 14.6. The van der Waals surface area contributed by atoms with Crippen LogP contribution in [0.3, 0.4) is 0 Å². The van der Waals surface area contributed by atoms with E-state index >= 15 is 0 Å². The number of hydrogen-bond donors (Lipinski definition) is 1. The standard InChI is InChI=1S/C45H63ClN4O5S/c1-31(2)23-42-32(3)9-7-19-45(54-4,29-48-21-22-49-20-6-5-11-37(49)27-48)39-15-12-35(39)26-50-28-44(18-8-10-33-24-36(46)14-16-38(33)44)30-55-41-17-13-34(25-40(41)50)43(51)47-56(42,52)53/h7,13-14,16-17,19,24-25,31-32,35,37,39,42H,5-6,8-12,15,18,20-23,26-30H2,1-4H3,(H,47,51)/b19-7+/t32-,35-,37+,39+,42+,44-,45-/m0/s1. The van der Waals surface area contributed by atoms with Crippen molar-refractivity contribution < 1.29 is 22.7 Å². The topological polar surface area (TPSA) is 91.4 Å². The van der Waals surface area contributed by atoms with Gasteiger partial charge in [0.15, 0.2) is 0 Å². The monoisotopic (exact) mass is 806 g/mol. The van der Waals surface area contributed by atoms with Crippen molar-refractivity contribution in [2.24, 2.45) is 23.7 Å². The molecule has 2 bridgehead atoms. The molecule has 8 rings (SSSR count). The van der Waals surface area contributed by atoms with Gasteiger partial charge in [0.25, 0.3) is 5.91 Å². The van der Waals surface area contributed by atoms with E-state index in [-0.39, 0.29) is 23.2 Å². The molecule has 11 heteroatoms. The van der Waals surface area contributed by atoms with Crippen molar-refractivity contribution >= 4 is 33.2 Å². The molecule has 0 aromatic heterocycles. The van der Waals surface area contributed by atoms with Crippen LogP contribution in [-0.2, 0) is 26.6 Å². The maximum absolute atomic E-state index is 14.2. The first-order valence-electron chi connectivity index (χ1n) is 21.4. The lowest BCUT2D eigenvalue weighted by molar-refractivity contribution is -0.100. The van der Waals surface area contributed by atoms with Gasteiger partial charge in [-0.05, 0) is 129 Å². The molecule has 56 heavy (non-hydrogen) atoms. The fourth-order valence-electron chi connectivity index (χ4n) is 11.3. The Labute approximate surface area is 340 Å². The predicted octanol–water partition coefficient (Wildman–Crippen LogP) is 7.46. The molecule has 2 aromatic carbocycles. The van der Waals surface area contributed by atoms with Gasteiger partial charge in [-0.25, -0.2) is 13.1 Å². The van der Waals surface area contributed by atoms with Crippen molar-refractivity contribution in [1.82, 2.24) is 14.5 Å². The number of ether oxygens (including phenoxy) is 2. The smallest absolute Gasteiger partial charge is 0.264 e. The number of anilines is 1. The highest BCUT2D eigenvalue weighted by molar-refractivity contribution is 7.90. The number of benzene rings is 2. The molecule has 1 N–H and O–H groups in total. The summed E-state index contributed by atoms with van der Waals surface area (Å²) in [6, 6.07) is 12.4. The van der Waals surface area contributed by atoms with Gasteiger partial charge in [-0.1, -0.05) is 57.0 Å². The number of hydrogen-bond acceptors (Lipinski definition) is 8. The normalized spacial score (nSPS) is 34.3. The number of nitrogens with one attached hydrogen (secondary N) is 1. The molecule has 2 saturated heterocycles. The zero-order valence-corrected chi connectivity index (χ0v) is 35.6. The van der Waals surface area contributed by atoms with E-state index in [1.54, 1.807) is 6.07 Å². The van der Waals surface area contributed by atoms with E-state index in [1.807, 2.05) is 46.1 Å². The van der Waals surface area contributed by atoms with E-state index in [9.17, 15) is 13.2 Å². The number of amides is 1. The molecule has 306 valence electrons. The average molecular weight is 808 g/mol. The highest BCUT2D eigenvalue weighted by atomic mass is 35.5. The number of carbonyl (C=O) groups excluding carboxylic acids is 1. The number of halogens is 1. The summed E-state index contributed by atoms with van der Waals surface area (Å²) in [7, 11) is -2.11. The number of allylic oxidation sites excluding steroid dienone is 1. The van der Waals surface area contributed by atoms with Gasteiger partial charge in [0.05, 0.1) is 17.5 Å². The molecule has 1 amide bonds. The molecule has 2 aliphatic carbocycles. The molecule has 6 aliphatic rings. The zero-order valence-electron chi connectivity index (χ0n) is 34.0. The highest BCUT2D eigenvalue weighted by Gasteiger charge is 2.50. The van der Waals surface area contributed by atoms with Crippen LogP contribution < -0.4 is 14.4 Å². The molecular weight excluding hydrogens is 744 g/mol. The first-order chi connectivity index (χ1) is 26.9. The third-order valence-electron chi connectivity index (χ3n) is 14.5. The molecule has 9 nitrogen and oxygen atoms in total. The zero-order chi connectivity index (χ0) is 39.2. The van der Waals surface area contributed by atoms with Crippen LogP contribution in [0.25, 0.3) is 0 Å². The Hall–Kier alpha value is -2.63. The molecule has 4 heterocycles. The van der Waals surface area contributed by atoms with Gasteiger partial charge in [0, 0.05) is 68.4 Å². The van der Waals surface area contributed by atoms with Crippen molar-refractivity contribution in [3.8, 4) is 5.75 Å². The predicted molar refractivity (Wildman–Crippen MR) is 224 cm³/mol. The highest BCUT2D eigenvalue weighted by Crippen LogP contribution is 2.49. The van der Waals surface area contributed by atoms with Crippen LogP contribution in [-0.4, -0.2) is 101 Å². The summed E-state index contributed by atoms with van der Waals surface area (Å²) in [5.74, 6) is 0.704. The minimum absolute atomic E-state index is 0.141. The molecular formula is C45H63ClN4O5S. The fraction of sp³-hybridized carbons (Fsp3) is 0.667. The summed E-state index contributed by atoms with van der Waals surface area (Å²) in [5, 5.41) is 0.0302. The second-order valence-corrected chi connectivity index (χ2v) is 20.9. The van der Waals surface area contributed by atoms with Gasteiger partial charge in [-0.3, -0.25) is 14.6 Å². The maximum Gasteiger partial charge on any atom is 0.264 e. The van der Waals surface area contributed by atoms with Gasteiger partial charge >= 0.3 is 0 Å². The molecule has 1 saturated carbocycles. The third-order valence-corrected chi connectivity index (χ3v) is 16.6. The summed E-state index contributed by atoms with van der Waals surface area (Å²) in [5.41, 5.74) is 2.98. The summed E-state index contributed by atoms with van der Waals surface area (Å²) in [6.45, 7) is 13.4. The molecule has 3 fully saturated rings. The molecule has 0 radical (unpaired) electrons. The van der Waals surface area contributed by atoms with Crippen LogP contribution in [0.5, 0.6) is 5.75 Å². The van der Waals surface area contributed by atoms with Gasteiger partial charge < -0.3 is 14.4 Å². The Kier molecular flexibility index (Phi) is 11.6. The first-order valence-corrected chi connectivity index (χ1v) is 23.4. The van der Waals surface area contributed by atoms with Crippen LogP contribution >= 0.6 is 11.6 Å². The van der Waals surface area contributed by atoms with E-state index in [0.29, 0.717) is 37.0 Å². The summed E-state index contributed by atoms with van der Waals surface area (Å²) < 4.78 is 44.4. The number of piperazine rings is 1. The Morgan fingerprint density at radius 3 is 2.68 bits per heavy atom. The Balaban J connectivity index is 1.20. The number of fused-ring (bicyclic) bond motifs is 5. The molecule has 2 aromatic rings. The molecule has 4 aliphatic heterocycles. The maximum atomic E-state index is 14.2. The number of rotatable bonds is 5. The van der Waals surface area contributed by atoms with E-state index < -0.39 is 26.8 Å². The number of nitrogens with zero attached hydrogens (tertiary/aromatic N) is 3. The Morgan fingerprint density at radius 2 is 1.89 bits per heavy atom. The number of methoxy groups -OCH3 is 1. The lowest BCUT2D eigenvalue weighted by atomic mass is 9.63. The average Bonchev–Trinajstić information content (AvgIpc) is 3.31. The van der Waals surface area contributed by atoms with Crippen LogP contribution in [0.15, 0.2) is 48.6 Å².